The molecule has 0 rings (SSSR count). The van der Waals surface area contributed by atoms with Gasteiger partial charge in [0.05, 0.1) is 0 Å². The minimum absolute atomic E-state index is 0.233. The van der Waals surface area contributed by atoms with Crippen molar-refractivity contribution in [2.75, 3.05) is 26.7 Å². The summed E-state index contributed by atoms with van der Waals surface area (Å²) in [5.41, 5.74) is 0. The van der Waals surface area contributed by atoms with Gasteiger partial charge in [-0.15, -0.1) is 13.2 Å². The van der Waals surface area contributed by atoms with Gasteiger partial charge in [-0.2, -0.15) is 0 Å². The first-order chi connectivity index (χ1) is 8.02. The van der Waals surface area contributed by atoms with Gasteiger partial charge in [-0.05, 0) is 12.8 Å². The van der Waals surface area contributed by atoms with Crippen LogP contribution in [0.25, 0.3) is 0 Å². The van der Waals surface area contributed by atoms with Gasteiger partial charge >= 0.3 is 12.0 Å². The molecule has 0 bridgehead atoms. The lowest BCUT2D eigenvalue weighted by molar-refractivity contribution is -0.137. The molecule has 0 saturated heterocycles. The molecule has 1 N–H and O–H groups in total. The van der Waals surface area contributed by atoms with Crippen LogP contribution in [0.5, 0.6) is 0 Å². The van der Waals surface area contributed by atoms with Gasteiger partial charge in [0.25, 0.3) is 0 Å². The topological polar surface area (TPSA) is 60.9 Å². The molecular weight excluding hydrogens is 220 g/mol. The highest BCUT2D eigenvalue weighted by Gasteiger charge is 2.18. The Morgan fingerprint density at radius 2 is 1.94 bits per heavy atom. The molecule has 2 amide bonds. The summed E-state index contributed by atoms with van der Waals surface area (Å²) in [6.07, 6.45) is 4.95. The average Bonchev–Trinajstić information content (AvgIpc) is 2.27. The Balaban J connectivity index is 4.31. The second-order valence-electron chi connectivity index (χ2n) is 3.70. The van der Waals surface area contributed by atoms with E-state index in [1.54, 1.807) is 13.1 Å². The molecule has 0 aromatic carbocycles. The van der Waals surface area contributed by atoms with Crippen LogP contribution in [-0.2, 0) is 4.79 Å². The normalized spacial score (nSPS) is 9.47. The van der Waals surface area contributed by atoms with E-state index in [-0.39, 0.29) is 19.1 Å². The fourth-order valence-electron chi connectivity index (χ4n) is 1.34. The molecule has 0 aromatic heterocycles. The molecule has 0 radical (unpaired) electrons. The van der Waals surface area contributed by atoms with Gasteiger partial charge < -0.3 is 14.9 Å². The van der Waals surface area contributed by atoms with E-state index in [1.165, 1.54) is 15.9 Å². The molecule has 0 saturated carbocycles. The Morgan fingerprint density at radius 3 is 2.41 bits per heavy atom. The van der Waals surface area contributed by atoms with Crippen molar-refractivity contribution in [1.82, 2.24) is 9.80 Å². The molecule has 5 heteroatoms. The van der Waals surface area contributed by atoms with Gasteiger partial charge in [-0.1, -0.05) is 12.2 Å². The summed E-state index contributed by atoms with van der Waals surface area (Å²) in [4.78, 5) is 25.2. The van der Waals surface area contributed by atoms with Crippen molar-refractivity contribution in [3.63, 3.8) is 0 Å². The van der Waals surface area contributed by atoms with Crippen molar-refractivity contribution in [2.45, 2.75) is 12.8 Å². The van der Waals surface area contributed by atoms with E-state index in [2.05, 4.69) is 13.2 Å². The van der Waals surface area contributed by atoms with E-state index < -0.39 is 5.97 Å². The van der Waals surface area contributed by atoms with E-state index in [9.17, 15) is 9.59 Å². The van der Waals surface area contributed by atoms with Crippen molar-refractivity contribution in [3.05, 3.63) is 25.3 Å². The number of amides is 2. The molecule has 5 nitrogen and oxygen atoms in total. The number of hydrogen-bond donors (Lipinski definition) is 1. The predicted molar refractivity (Wildman–Crippen MR) is 66.9 cm³/mol. The van der Waals surface area contributed by atoms with Crippen LogP contribution in [0.2, 0.25) is 0 Å². The van der Waals surface area contributed by atoms with Gasteiger partial charge in [0.1, 0.15) is 6.54 Å². The number of allylic oxidation sites excluding steroid dienone is 1. The van der Waals surface area contributed by atoms with Crippen LogP contribution in [0, 0.1) is 0 Å². The minimum Gasteiger partial charge on any atom is -0.480 e. The van der Waals surface area contributed by atoms with E-state index >= 15 is 0 Å². The van der Waals surface area contributed by atoms with Crippen LogP contribution in [-0.4, -0.2) is 53.6 Å². The highest BCUT2D eigenvalue weighted by Crippen LogP contribution is 2.00. The van der Waals surface area contributed by atoms with Gasteiger partial charge in [-0.25, -0.2) is 4.79 Å². The van der Waals surface area contributed by atoms with Gasteiger partial charge in [0.15, 0.2) is 0 Å². The average molecular weight is 240 g/mol. The third kappa shape index (κ3) is 6.40. The maximum Gasteiger partial charge on any atom is 0.323 e. The predicted octanol–water partition coefficient (Wildman–Crippen LogP) is 1.58. The van der Waals surface area contributed by atoms with E-state index in [1.807, 2.05) is 0 Å². The van der Waals surface area contributed by atoms with Crippen molar-refractivity contribution in [1.29, 1.82) is 0 Å². The Kier molecular flexibility index (Phi) is 7.50. The van der Waals surface area contributed by atoms with Crippen LogP contribution < -0.4 is 0 Å². The molecule has 0 heterocycles. The van der Waals surface area contributed by atoms with E-state index in [4.69, 9.17) is 5.11 Å². The largest absolute Gasteiger partial charge is 0.480 e. The molecule has 0 aliphatic rings. The highest BCUT2D eigenvalue weighted by atomic mass is 16.4. The molecule has 96 valence electrons. The van der Waals surface area contributed by atoms with Crippen LogP contribution >= 0.6 is 0 Å². The van der Waals surface area contributed by atoms with Gasteiger partial charge in [0.2, 0.25) is 0 Å². The third-order valence-electron chi connectivity index (χ3n) is 2.17. The number of carbonyl (C=O) groups excluding carboxylic acids is 1. The third-order valence-corrected chi connectivity index (χ3v) is 2.17. The van der Waals surface area contributed by atoms with Gasteiger partial charge in [-0.3, -0.25) is 4.79 Å². The first-order valence-electron chi connectivity index (χ1n) is 5.46. The smallest absolute Gasteiger partial charge is 0.323 e. The number of urea groups is 1. The Hall–Kier alpha value is -1.78. The quantitative estimate of drug-likeness (QED) is 0.517. The number of carbonyl (C=O) groups is 2. The number of unbranched alkanes of at least 4 members (excludes halogenated alkanes) is 1. The summed E-state index contributed by atoms with van der Waals surface area (Å²) >= 11 is 0. The molecule has 0 unspecified atom stereocenters. The number of carboxylic acids is 1. The molecular formula is C12H20N2O3. The maximum absolute atomic E-state index is 11.9. The van der Waals surface area contributed by atoms with Crippen molar-refractivity contribution in [2.24, 2.45) is 0 Å². The van der Waals surface area contributed by atoms with E-state index in [0.717, 1.165) is 12.8 Å². The highest BCUT2D eigenvalue weighted by molar-refractivity contribution is 5.80. The van der Waals surface area contributed by atoms with Crippen molar-refractivity contribution >= 4 is 12.0 Å². The zero-order chi connectivity index (χ0) is 13.3. The standard InChI is InChI=1S/C12H20N2O3/c1-4-6-7-9-13(3)12(17)14(8-5-2)10-11(15)16/h4-5H,1-2,6-10H2,3H3,(H,15,16). The van der Waals surface area contributed by atoms with Gasteiger partial charge in [0, 0.05) is 20.1 Å². The monoisotopic (exact) mass is 240 g/mol. The summed E-state index contributed by atoms with van der Waals surface area (Å²) in [7, 11) is 1.66. The number of aliphatic carboxylic acids is 1. The lowest BCUT2D eigenvalue weighted by Crippen LogP contribution is -2.44. The first-order valence-corrected chi connectivity index (χ1v) is 5.46. The number of carboxylic acid groups (broad SMARTS) is 1. The zero-order valence-electron chi connectivity index (χ0n) is 10.3. The fourth-order valence-corrected chi connectivity index (χ4v) is 1.34. The SMILES string of the molecule is C=CCCCN(C)C(=O)N(CC=C)CC(=O)O. The van der Waals surface area contributed by atoms with Crippen LogP contribution in [0.15, 0.2) is 25.3 Å². The maximum atomic E-state index is 11.9. The lowest BCUT2D eigenvalue weighted by atomic mass is 10.3. The Morgan fingerprint density at radius 1 is 1.29 bits per heavy atom. The minimum atomic E-state index is -1.03. The number of rotatable bonds is 8. The molecule has 17 heavy (non-hydrogen) atoms. The molecule has 0 aromatic rings. The summed E-state index contributed by atoms with van der Waals surface area (Å²) in [6.45, 7) is 7.61. The number of hydrogen-bond acceptors (Lipinski definition) is 2. The van der Waals surface area contributed by atoms with Crippen molar-refractivity contribution in [3.8, 4) is 0 Å². The van der Waals surface area contributed by atoms with Crippen LogP contribution in [0.1, 0.15) is 12.8 Å². The molecule has 0 spiro atoms. The molecule has 0 atom stereocenters. The zero-order valence-corrected chi connectivity index (χ0v) is 10.3. The molecule has 0 aliphatic heterocycles. The summed E-state index contributed by atoms with van der Waals surface area (Å²) in [5, 5.41) is 8.70. The van der Waals surface area contributed by atoms with Crippen molar-refractivity contribution < 1.29 is 14.7 Å². The summed E-state index contributed by atoms with van der Waals surface area (Å²) in [5.74, 6) is -1.03. The first kappa shape index (κ1) is 15.2. The molecule has 0 fully saturated rings. The van der Waals surface area contributed by atoms with Crippen LogP contribution in [0.3, 0.4) is 0 Å². The Bertz CT molecular complexity index is 289. The second kappa shape index (κ2) is 8.38. The number of nitrogens with zero attached hydrogens (tertiary/aromatic N) is 2. The second-order valence-corrected chi connectivity index (χ2v) is 3.70. The lowest BCUT2D eigenvalue weighted by Gasteiger charge is -2.25. The van der Waals surface area contributed by atoms with Crippen LogP contribution in [0.4, 0.5) is 4.79 Å². The Labute approximate surface area is 102 Å². The summed E-state index contributed by atoms with van der Waals surface area (Å²) in [6, 6.07) is -0.295. The molecule has 0 aliphatic carbocycles. The summed E-state index contributed by atoms with van der Waals surface area (Å²) < 4.78 is 0. The van der Waals surface area contributed by atoms with E-state index in [0.29, 0.717) is 6.54 Å². The fraction of sp³-hybridized carbons (Fsp3) is 0.500.